The predicted molar refractivity (Wildman–Crippen MR) is 80.1 cm³/mol. The highest BCUT2D eigenvalue weighted by Gasteiger charge is 2.22. The summed E-state index contributed by atoms with van der Waals surface area (Å²) >= 11 is 0. The Labute approximate surface area is 121 Å². The van der Waals surface area contributed by atoms with Crippen LogP contribution in [0.4, 0.5) is 0 Å². The molecule has 20 heavy (non-hydrogen) atoms. The molecule has 4 heteroatoms. The highest BCUT2D eigenvalue weighted by atomic mass is 16.5. The molecule has 4 nitrogen and oxygen atoms in total. The molecule has 1 atom stereocenters. The predicted octanol–water partition coefficient (Wildman–Crippen LogP) is 1.89. The molecule has 0 spiro atoms. The topological polar surface area (TPSA) is 41.6 Å². The van der Waals surface area contributed by atoms with Gasteiger partial charge in [0.15, 0.2) is 0 Å². The summed E-state index contributed by atoms with van der Waals surface area (Å²) < 4.78 is 5.75. The summed E-state index contributed by atoms with van der Waals surface area (Å²) in [6, 6.07) is 6.28. The first-order valence-electron chi connectivity index (χ1n) is 7.29. The van der Waals surface area contributed by atoms with Crippen LogP contribution in [0.2, 0.25) is 0 Å². The van der Waals surface area contributed by atoms with Gasteiger partial charge in [0.2, 0.25) is 5.91 Å². The van der Waals surface area contributed by atoms with Gasteiger partial charge in [-0.15, -0.1) is 0 Å². The van der Waals surface area contributed by atoms with Crippen LogP contribution >= 0.6 is 0 Å². The van der Waals surface area contributed by atoms with Crippen LogP contribution in [-0.4, -0.2) is 43.1 Å². The number of hydrogen-bond acceptors (Lipinski definition) is 3. The van der Waals surface area contributed by atoms with Gasteiger partial charge in [0, 0.05) is 25.7 Å². The van der Waals surface area contributed by atoms with Crippen molar-refractivity contribution in [2.45, 2.75) is 33.2 Å². The van der Waals surface area contributed by atoms with E-state index < -0.39 is 0 Å². The van der Waals surface area contributed by atoms with Crippen LogP contribution in [-0.2, 0) is 4.79 Å². The average Bonchev–Trinajstić information content (AvgIpc) is 2.44. The standard InChI is InChI=1S/C16H24N2O2/c1-12-5-4-6-15(14(12)3)20-10-7-16(19)18-9-8-17-11-13(18)2/h4-6,13,17H,7-11H2,1-3H3/t13-/m0/s1. The summed E-state index contributed by atoms with van der Waals surface area (Å²) in [6.45, 7) is 9.19. The zero-order chi connectivity index (χ0) is 14.5. The molecule has 1 saturated heterocycles. The van der Waals surface area contributed by atoms with Crippen molar-refractivity contribution in [1.29, 1.82) is 0 Å². The summed E-state index contributed by atoms with van der Waals surface area (Å²) in [5, 5.41) is 3.29. The van der Waals surface area contributed by atoms with Crippen LogP contribution in [0.5, 0.6) is 5.75 Å². The van der Waals surface area contributed by atoms with Crippen molar-refractivity contribution >= 4 is 5.91 Å². The lowest BCUT2D eigenvalue weighted by molar-refractivity contribution is -0.134. The second-order valence-electron chi connectivity index (χ2n) is 5.44. The first-order valence-corrected chi connectivity index (χ1v) is 7.29. The number of piperazine rings is 1. The molecule has 110 valence electrons. The molecule has 1 aromatic rings. The van der Waals surface area contributed by atoms with Gasteiger partial charge in [-0.05, 0) is 38.0 Å². The molecular formula is C16H24N2O2. The SMILES string of the molecule is Cc1cccc(OCCC(=O)N2CCNC[C@@H]2C)c1C. The van der Waals surface area contributed by atoms with Gasteiger partial charge in [-0.3, -0.25) is 4.79 Å². The minimum atomic E-state index is 0.185. The Bertz CT molecular complexity index is 474. The van der Waals surface area contributed by atoms with E-state index in [9.17, 15) is 4.79 Å². The highest BCUT2D eigenvalue weighted by molar-refractivity contribution is 5.76. The number of rotatable bonds is 4. The monoisotopic (exact) mass is 276 g/mol. The zero-order valence-electron chi connectivity index (χ0n) is 12.6. The molecular weight excluding hydrogens is 252 g/mol. The van der Waals surface area contributed by atoms with E-state index in [2.05, 4.69) is 25.2 Å². The first-order chi connectivity index (χ1) is 9.59. The second kappa shape index (κ2) is 6.75. The maximum absolute atomic E-state index is 12.2. The largest absolute Gasteiger partial charge is 0.493 e. The normalized spacial score (nSPS) is 18.9. The summed E-state index contributed by atoms with van der Waals surface area (Å²) in [5.41, 5.74) is 2.36. The molecule has 1 aromatic carbocycles. The molecule has 0 radical (unpaired) electrons. The summed E-state index contributed by atoms with van der Waals surface area (Å²) in [4.78, 5) is 14.1. The number of amides is 1. The molecule has 0 bridgehead atoms. The number of nitrogens with zero attached hydrogens (tertiary/aromatic N) is 1. The Morgan fingerprint density at radius 2 is 2.25 bits per heavy atom. The van der Waals surface area contributed by atoms with Crippen molar-refractivity contribution in [3.63, 3.8) is 0 Å². The van der Waals surface area contributed by atoms with Crippen LogP contribution in [0.15, 0.2) is 18.2 Å². The molecule has 0 saturated carbocycles. The van der Waals surface area contributed by atoms with Gasteiger partial charge in [-0.2, -0.15) is 0 Å². The van der Waals surface area contributed by atoms with E-state index in [1.165, 1.54) is 5.56 Å². The van der Waals surface area contributed by atoms with Gasteiger partial charge >= 0.3 is 0 Å². The molecule has 1 amide bonds. The molecule has 1 heterocycles. The van der Waals surface area contributed by atoms with E-state index in [4.69, 9.17) is 4.74 Å². The van der Waals surface area contributed by atoms with Crippen LogP contribution in [0.1, 0.15) is 24.5 Å². The van der Waals surface area contributed by atoms with Crippen molar-refractivity contribution < 1.29 is 9.53 Å². The van der Waals surface area contributed by atoms with Crippen molar-refractivity contribution in [3.05, 3.63) is 29.3 Å². The van der Waals surface area contributed by atoms with Gasteiger partial charge in [-0.1, -0.05) is 12.1 Å². The third-order valence-corrected chi connectivity index (χ3v) is 3.95. The number of benzene rings is 1. The van der Waals surface area contributed by atoms with E-state index >= 15 is 0 Å². The maximum Gasteiger partial charge on any atom is 0.226 e. The third kappa shape index (κ3) is 3.51. The Morgan fingerprint density at radius 1 is 1.45 bits per heavy atom. The Morgan fingerprint density at radius 3 is 3.00 bits per heavy atom. The van der Waals surface area contributed by atoms with E-state index in [0.717, 1.165) is 30.9 Å². The van der Waals surface area contributed by atoms with Crippen LogP contribution in [0.25, 0.3) is 0 Å². The van der Waals surface area contributed by atoms with Crippen LogP contribution in [0, 0.1) is 13.8 Å². The van der Waals surface area contributed by atoms with E-state index in [0.29, 0.717) is 13.0 Å². The quantitative estimate of drug-likeness (QED) is 0.913. The number of nitrogens with one attached hydrogen (secondary N) is 1. The van der Waals surface area contributed by atoms with Crippen LogP contribution in [0.3, 0.4) is 0 Å². The average molecular weight is 276 g/mol. The summed E-state index contributed by atoms with van der Waals surface area (Å²) in [6.07, 6.45) is 0.442. The summed E-state index contributed by atoms with van der Waals surface area (Å²) in [5.74, 6) is 1.07. The fourth-order valence-corrected chi connectivity index (χ4v) is 2.48. The molecule has 2 rings (SSSR count). The minimum Gasteiger partial charge on any atom is -0.493 e. The van der Waals surface area contributed by atoms with E-state index in [1.807, 2.05) is 24.0 Å². The minimum absolute atomic E-state index is 0.185. The van der Waals surface area contributed by atoms with Gasteiger partial charge in [0.1, 0.15) is 5.75 Å². The third-order valence-electron chi connectivity index (χ3n) is 3.95. The lowest BCUT2D eigenvalue weighted by Crippen LogP contribution is -2.52. The number of aryl methyl sites for hydroxylation is 1. The molecule has 1 N–H and O–H groups in total. The number of hydrogen-bond donors (Lipinski definition) is 1. The lowest BCUT2D eigenvalue weighted by atomic mass is 10.1. The van der Waals surface area contributed by atoms with E-state index in [-0.39, 0.29) is 11.9 Å². The van der Waals surface area contributed by atoms with Crippen molar-refractivity contribution in [1.82, 2.24) is 10.2 Å². The number of ether oxygens (including phenoxy) is 1. The molecule has 1 aliphatic heterocycles. The molecule has 1 fully saturated rings. The second-order valence-corrected chi connectivity index (χ2v) is 5.44. The van der Waals surface area contributed by atoms with Gasteiger partial charge in [-0.25, -0.2) is 0 Å². The fourth-order valence-electron chi connectivity index (χ4n) is 2.48. The fraction of sp³-hybridized carbons (Fsp3) is 0.562. The zero-order valence-corrected chi connectivity index (χ0v) is 12.6. The number of carbonyl (C=O) groups excluding carboxylic acids is 1. The van der Waals surface area contributed by atoms with Crippen molar-refractivity contribution in [2.75, 3.05) is 26.2 Å². The van der Waals surface area contributed by atoms with Crippen molar-refractivity contribution in [2.24, 2.45) is 0 Å². The molecule has 1 aliphatic rings. The highest BCUT2D eigenvalue weighted by Crippen LogP contribution is 2.20. The molecule has 0 aliphatic carbocycles. The summed E-state index contributed by atoms with van der Waals surface area (Å²) in [7, 11) is 0. The molecule has 0 aromatic heterocycles. The Hall–Kier alpha value is -1.55. The Kier molecular flexibility index (Phi) is 5.01. The Balaban J connectivity index is 1.83. The van der Waals surface area contributed by atoms with Crippen molar-refractivity contribution in [3.8, 4) is 5.75 Å². The first kappa shape index (κ1) is 14.9. The van der Waals surface area contributed by atoms with Gasteiger partial charge < -0.3 is 15.0 Å². The number of carbonyl (C=O) groups is 1. The van der Waals surface area contributed by atoms with Crippen LogP contribution < -0.4 is 10.1 Å². The smallest absolute Gasteiger partial charge is 0.226 e. The lowest BCUT2D eigenvalue weighted by Gasteiger charge is -2.34. The van der Waals surface area contributed by atoms with E-state index in [1.54, 1.807) is 0 Å². The maximum atomic E-state index is 12.2. The van der Waals surface area contributed by atoms with Gasteiger partial charge in [0.05, 0.1) is 13.0 Å². The molecule has 0 unspecified atom stereocenters. The van der Waals surface area contributed by atoms with Gasteiger partial charge in [0.25, 0.3) is 0 Å².